The van der Waals surface area contributed by atoms with Crippen LogP contribution in [0.3, 0.4) is 0 Å². The van der Waals surface area contributed by atoms with Crippen LogP contribution >= 0.6 is 11.6 Å². The minimum Gasteiger partial charge on any atom is -0.494 e. The van der Waals surface area contributed by atoms with Crippen molar-refractivity contribution in [1.82, 2.24) is 5.43 Å². The molecule has 4 rings (SSSR count). The van der Waals surface area contributed by atoms with Gasteiger partial charge in [0.2, 0.25) is 0 Å². The molecule has 0 saturated carbocycles. The van der Waals surface area contributed by atoms with Crippen LogP contribution in [0.1, 0.15) is 57.6 Å². The second-order valence-corrected chi connectivity index (χ2v) is 8.45. The number of rotatable bonds is 7. The van der Waals surface area contributed by atoms with E-state index in [0.717, 1.165) is 12.5 Å². The summed E-state index contributed by atoms with van der Waals surface area (Å²) < 4.78 is 11.3. The van der Waals surface area contributed by atoms with Crippen LogP contribution in [0.5, 0.6) is 5.75 Å². The average molecular weight is 511 g/mol. The zero-order chi connectivity index (χ0) is 25.8. The second-order valence-electron chi connectivity index (χ2n) is 8.04. The number of carbonyl (C=O) groups excluding carboxylic acids is 2. The highest BCUT2D eigenvalue weighted by Crippen LogP contribution is 2.31. The van der Waals surface area contributed by atoms with Gasteiger partial charge in [0, 0.05) is 34.9 Å². The van der Waals surface area contributed by atoms with E-state index in [0.29, 0.717) is 53.5 Å². The largest absolute Gasteiger partial charge is 0.494 e. The Morgan fingerprint density at radius 1 is 1.17 bits per heavy atom. The van der Waals surface area contributed by atoms with Gasteiger partial charge < -0.3 is 14.5 Å². The number of carbonyl (C=O) groups is 2. The zero-order valence-corrected chi connectivity index (χ0v) is 20.3. The summed E-state index contributed by atoms with van der Waals surface area (Å²) in [5, 5.41) is 18.1. The Kier molecular flexibility index (Phi) is 7.35. The van der Waals surface area contributed by atoms with Crippen LogP contribution < -0.4 is 15.5 Å². The maximum absolute atomic E-state index is 12.9. The van der Waals surface area contributed by atoms with Gasteiger partial charge >= 0.3 is 0 Å². The highest BCUT2D eigenvalue weighted by molar-refractivity contribution is 6.32. The van der Waals surface area contributed by atoms with E-state index in [1.165, 1.54) is 12.1 Å². The smallest absolute Gasteiger partial charge is 0.291 e. The number of nitrogens with one attached hydrogen (secondary N) is 2. The fourth-order valence-electron chi connectivity index (χ4n) is 3.96. The minimum absolute atomic E-state index is 0.0471. The van der Waals surface area contributed by atoms with Crippen LogP contribution in [0.25, 0.3) is 0 Å². The molecule has 11 heteroatoms. The highest BCUT2D eigenvalue weighted by atomic mass is 35.5. The number of hydrogen-bond acceptors (Lipinski definition) is 7. The number of nitro benzene ring substituents is 1. The van der Waals surface area contributed by atoms with Crippen molar-refractivity contribution in [1.29, 1.82) is 0 Å². The Labute approximate surface area is 211 Å². The van der Waals surface area contributed by atoms with Crippen molar-refractivity contribution in [2.75, 3.05) is 11.9 Å². The summed E-state index contributed by atoms with van der Waals surface area (Å²) in [6, 6.07) is 10.8. The number of aryl methyl sites for hydroxylation is 1. The summed E-state index contributed by atoms with van der Waals surface area (Å²) in [5.41, 5.74) is 4.58. The Balaban J connectivity index is 1.53. The fourth-order valence-corrected chi connectivity index (χ4v) is 4.15. The molecule has 186 valence electrons. The van der Waals surface area contributed by atoms with Gasteiger partial charge in [-0.3, -0.25) is 19.7 Å². The molecule has 0 saturated heterocycles. The maximum atomic E-state index is 12.9. The van der Waals surface area contributed by atoms with Crippen molar-refractivity contribution < 1.29 is 23.7 Å². The summed E-state index contributed by atoms with van der Waals surface area (Å²) in [7, 11) is 0. The first-order valence-corrected chi connectivity index (χ1v) is 11.6. The molecule has 0 aliphatic heterocycles. The molecule has 1 aromatic heterocycles. The maximum Gasteiger partial charge on any atom is 0.291 e. The number of amides is 2. The lowest BCUT2D eigenvalue weighted by Crippen LogP contribution is -2.22. The summed E-state index contributed by atoms with van der Waals surface area (Å²) in [6.45, 7) is 4.21. The molecule has 1 aliphatic carbocycles. The molecule has 3 aromatic rings. The SMILES string of the molecule is CCOc1ccc(NC(=O)c2oc3c(c2C)/C(=N/NC(=O)c2ccc(Cl)c([N+](=O)[O-])c2)CCC3)cc1. The predicted octanol–water partition coefficient (Wildman–Crippen LogP) is 5.27. The lowest BCUT2D eigenvalue weighted by molar-refractivity contribution is -0.384. The van der Waals surface area contributed by atoms with Crippen molar-refractivity contribution in [2.45, 2.75) is 33.1 Å². The standard InChI is InChI=1S/C25H23ClN4O6/c1-3-35-17-10-8-16(9-11-17)27-25(32)23-14(2)22-19(5-4-6-21(22)36-23)28-29-24(31)15-7-12-18(26)20(13-15)30(33)34/h7-13H,3-6H2,1-2H3,(H,27,32)(H,29,31)/b28-19+. The molecule has 36 heavy (non-hydrogen) atoms. The number of ether oxygens (including phenoxy) is 1. The van der Waals surface area contributed by atoms with Gasteiger partial charge in [-0.25, -0.2) is 5.43 Å². The lowest BCUT2D eigenvalue weighted by Gasteiger charge is -2.13. The number of benzene rings is 2. The normalized spacial score (nSPS) is 13.7. The second kappa shape index (κ2) is 10.6. The van der Waals surface area contributed by atoms with Gasteiger partial charge in [0.15, 0.2) is 5.76 Å². The molecular weight excluding hydrogens is 488 g/mol. The molecule has 0 spiro atoms. The van der Waals surface area contributed by atoms with Crippen LogP contribution in [0.2, 0.25) is 5.02 Å². The molecule has 2 N–H and O–H groups in total. The van der Waals surface area contributed by atoms with Crippen LogP contribution in [0, 0.1) is 17.0 Å². The van der Waals surface area contributed by atoms with Gasteiger partial charge in [-0.15, -0.1) is 0 Å². The Morgan fingerprint density at radius 3 is 2.61 bits per heavy atom. The van der Waals surface area contributed by atoms with E-state index in [4.69, 9.17) is 20.8 Å². The number of hydrazone groups is 1. The van der Waals surface area contributed by atoms with Crippen molar-refractivity contribution in [3.05, 3.63) is 85.8 Å². The van der Waals surface area contributed by atoms with Crippen LogP contribution in [-0.2, 0) is 6.42 Å². The zero-order valence-electron chi connectivity index (χ0n) is 19.6. The predicted molar refractivity (Wildman–Crippen MR) is 134 cm³/mol. The van der Waals surface area contributed by atoms with Gasteiger partial charge in [-0.2, -0.15) is 5.10 Å². The van der Waals surface area contributed by atoms with Gasteiger partial charge in [0.05, 0.1) is 17.2 Å². The van der Waals surface area contributed by atoms with Gasteiger partial charge in [0.1, 0.15) is 16.5 Å². The molecule has 1 aliphatic rings. The highest BCUT2D eigenvalue weighted by Gasteiger charge is 2.28. The first kappa shape index (κ1) is 24.9. The number of furan rings is 1. The molecule has 0 fully saturated rings. The summed E-state index contributed by atoms with van der Waals surface area (Å²) in [4.78, 5) is 35.9. The first-order valence-electron chi connectivity index (χ1n) is 11.3. The van der Waals surface area contributed by atoms with Crippen LogP contribution in [0.15, 0.2) is 52.0 Å². The van der Waals surface area contributed by atoms with E-state index in [9.17, 15) is 19.7 Å². The summed E-state index contributed by atoms with van der Waals surface area (Å²) >= 11 is 5.82. The average Bonchev–Trinajstić information content (AvgIpc) is 3.21. The minimum atomic E-state index is -0.660. The van der Waals surface area contributed by atoms with E-state index >= 15 is 0 Å². The van der Waals surface area contributed by atoms with E-state index in [1.54, 1.807) is 31.2 Å². The molecule has 10 nitrogen and oxygen atoms in total. The van der Waals surface area contributed by atoms with Crippen LogP contribution in [0.4, 0.5) is 11.4 Å². The summed E-state index contributed by atoms with van der Waals surface area (Å²) in [6.07, 6.45) is 1.91. The Hall–Kier alpha value is -4.18. The van der Waals surface area contributed by atoms with Crippen LogP contribution in [-0.4, -0.2) is 29.1 Å². The van der Waals surface area contributed by atoms with E-state index < -0.39 is 16.7 Å². The van der Waals surface area contributed by atoms with Gasteiger partial charge in [0.25, 0.3) is 17.5 Å². The number of nitrogens with zero attached hydrogens (tertiary/aromatic N) is 2. The first-order chi connectivity index (χ1) is 17.3. The molecule has 0 atom stereocenters. The van der Waals surface area contributed by atoms with E-state index in [2.05, 4.69) is 15.8 Å². The third-order valence-electron chi connectivity index (χ3n) is 5.65. The van der Waals surface area contributed by atoms with E-state index in [-0.39, 0.29) is 22.0 Å². The Bertz CT molecular complexity index is 1360. The molecule has 2 aromatic carbocycles. The summed E-state index contributed by atoms with van der Waals surface area (Å²) in [5.74, 6) is 0.469. The molecule has 0 bridgehead atoms. The van der Waals surface area contributed by atoms with Crippen molar-refractivity contribution >= 4 is 40.5 Å². The monoisotopic (exact) mass is 510 g/mol. The molecule has 0 unspecified atom stereocenters. The lowest BCUT2D eigenvalue weighted by atomic mass is 9.93. The number of halogens is 1. The van der Waals surface area contributed by atoms with Crippen molar-refractivity contribution in [2.24, 2.45) is 5.10 Å². The van der Waals surface area contributed by atoms with Gasteiger partial charge in [-0.05, 0) is 63.1 Å². The number of anilines is 1. The van der Waals surface area contributed by atoms with E-state index in [1.807, 2.05) is 6.92 Å². The van der Waals surface area contributed by atoms with Crippen molar-refractivity contribution in [3.8, 4) is 5.75 Å². The number of hydrogen-bond donors (Lipinski definition) is 2. The topological polar surface area (TPSA) is 136 Å². The number of fused-ring (bicyclic) bond motifs is 1. The van der Waals surface area contributed by atoms with Crippen molar-refractivity contribution in [3.63, 3.8) is 0 Å². The quantitative estimate of drug-likeness (QED) is 0.328. The third-order valence-corrected chi connectivity index (χ3v) is 5.97. The molecule has 2 amide bonds. The number of nitro groups is 1. The molecule has 0 radical (unpaired) electrons. The fraction of sp³-hybridized carbons (Fsp3) is 0.240. The Morgan fingerprint density at radius 2 is 1.92 bits per heavy atom. The molecular formula is C25H23ClN4O6. The molecule has 1 heterocycles. The third kappa shape index (κ3) is 5.23. The van der Waals surface area contributed by atoms with Gasteiger partial charge in [-0.1, -0.05) is 11.6 Å².